The van der Waals surface area contributed by atoms with Crippen molar-refractivity contribution in [3.8, 4) is 0 Å². The van der Waals surface area contributed by atoms with Crippen LogP contribution in [0.3, 0.4) is 0 Å². The molecule has 4 nitrogen and oxygen atoms in total. The third kappa shape index (κ3) is 3.27. The molecule has 1 aliphatic heterocycles. The summed E-state index contributed by atoms with van der Waals surface area (Å²) in [5, 5.41) is 0. The number of hydrogen-bond acceptors (Lipinski definition) is 3. The first kappa shape index (κ1) is 11.5. The molecule has 1 rings (SSSR count). The van der Waals surface area contributed by atoms with E-state index < -0.39 is 0 Å². The van der Waals surface area contributed by atoms with E-state index in [-0.39, 0.29) is 5.91 Å². The van der Waals surface area contributed by atoms with E-state index in [1.54, 1.807) is 0 Å². The second-order valence-corrected chi connectivity index (χ2v) is 4.36. The van der Waals surface area contributed by atoms with E-state index in [0.717, 1.165) is 31.5 Å². The normalized spacial score (nSPS) is 28.8. The van der Waals surface area contributed by atoms with E-state index in [1.165, 1.54) is 6.42 Å². The van der Waals surface area contributed by atoms with Gasteiger partial charge in [0, 0.05) is 19.5 Å². The summed E-state index contributed by atoms with van der Waals surface area (Å²) in [6.07, 6.45) is 1.75. The maximum absolute atomic E-state index is 10.9. The fourth-order valence-electron chi connectivity index (χ4n) is 1.88. The molecule has 1 saturated heterocycles. The summed E-state index contributed by atoms with van der Waals surface area (Å²) in [7, 11) is 0. The highest BCUT2D eigenvalue weighted by Gasteiger charge is 2.22. The van der Waals surface area contributed by atoms with Gasteiger partial charge in [-0.15, -0.1) is 0 Å². The molecule has 3 N–H and O–H groups in total. The number of nitrogens with zero attached hydrogens (tertiary/aromatic N) is 1. The Morgan fingerprint density at radius 2 is 2.21 bits per heavy atom. The molecule has 0 saturated carbocycles. The molecular weight excluding hydrogens is 178 g/mol. The van der Waals surface area contributed by atoms with Gasteiger partial charge >= 0.3 is 0 Å². The van der Waals surface area contributed by atoms with Gasteiger partial charge in [0.15, 0.2) is 0 Å². The SMILES string of the molecule is CC1CCN(CCC(=O)NN)CC1C. The van der Waals surface area contributed by atoms with Crippen LogP contribution in [-0.2, 0) is 4.79 Å². The predicted octanol–water partition coefficient (Wildman–Crippen LogP) is 0.344. The summed E-state index contributed by atoms with van der Waals surface area (Å²) in [4.78, 5) is 13.3. The molecule has 2 unspecified atom stereocenters. The zero-order chi connectivity index (χ0) is 10.6. The molecule has 2 atom stereocenters. The standard InChI is InChI=1S/C10H21N3O/c1-8-3-5-13(7-9(8)2)6-4-10(14)12-11/h8-9H,3-7,11H2,1-2H3,(H,12,14). The van der Waals surface area contributed by atoms with E-state index in [0.29, 0.717) is 6.42 Å². The molecule has 0 bridgehead atoms. The number of nitrogens with one attached hydrogen (secondary N) is 1. The van der Waals surface area contributed by atoms with Crippen LogP contribution >= 0.6 is 0 Å². The van der Waals surface area contributed by atoms with E-state index in [1.807, 2.05) is 0 Å². The molecule has 0 aromatic heterocycles. The first-order valence-electron chi connectivity index (χ1n) is 5.35. The highest BCUT2D eigenvalue weighted by molar-refractivity contribution is 5.75. The maximum atomic E-state index is 10.9. The second-order valence-electron chi connectivity index (χ2n) is 4.36. The average Bonchev–Trinajstić information content (AvgIpc) is 2.19. The van der Waals surface area contributed by atoms with Crippen molar-refractivity contribution in [2.24, 2.45) is 17.7 Å². The summed E-state index contributed by atoms with van der Waals surface area (Å²) in [5.41, 5.74) is 2.16. The number of carbonyl (C=O) groups is 1. The summed E-state index contributed by atoms with van der Waals surface area (Å²) < 4.78 is 0. The molecule has 1 fully saturated rings. The lowest BCUT2D eigenvalue weighted by atomic mass is 9.89. The van der Waals surface area contributed by atoms with Gasteiger partial charge in [-0.25, -0.2) is 5.84 Å². The molecular formula is C10H21N3O. The number of carbonyl (C=O) groups excluding carboxylic acids is 1. The topological polar surface area (TPSA) is 58.4 Å². The highest BCUT2D eigenvalue weighted by atomic mass is 16.2. The van der Waals surface area contributed by atoms with E-state index in [2.05, 4.69) is 24.2 Å². The average molecular weight is 199 g/mol. The molecule has 14 heavy (non-hydrogen) atoms. The second kappa shape index (κ2) is 5.32. The Balaban J connectivity index is 2.23. The van der Waals surface area contributed by atoms with Gasteiger partial charge in [0.25, 0.3) is 0 Å². The Bertz CT molecular complexity index is 196. The smallest absolute Gasteiger partial charge is 0.235 e. The van der Waals surface area contributed by atoms with Gasteiger partial charge in [-0.1, -0.05) is 13.8 Å². The van der Waals surface area contributed by atoms with E-state index in [9.17, 15) is 4.79 Å². The number of rotatable bonds is 3. The minimum Gasteiger partial charge on any atom is -0.303 e. The van der Waals surface area contributed by atoms with Crippen molar-refractivity contribution in [2.45, 2.75) is 26.7 Å². The third-order valence-corrected chi connectivity index (χ3v) is 3.23. The molecule has 0 radical (unpaired) electrons. The number of hydrogen-bond donors (Lipinski definition) is 2. The number of piperidine rings is 1. The zero-order valence-electron chi connectivity index (χ0n) is 9.12. The lowest BCUT2D eigenvalue weighted by Crippen LogP contribution is -2.41. The Kier molecular flexibility index (Phi) is 4.35. The third-order valence-electron chi connectivity index (χ3n) is 3.23. The number of likely N-dealkylation sites (tertiary alicyclic amines) is 1. The first-order chi connectivity index (χ1) is 6.63. The van der Waals surface area contributed by atoms with Crippen LogP contribution in [0.1, 0.15) is 26.7 Å². The Morgan fingerprint density at radius 1 is 1.50 bits per heavy atom. The van der Waals surface area contributed by atoms with Crippen molar-refractivity contribution >= 4 is 5.91 Å². The summed E-state index contributed by atoms with van der Waals surface area (Å²) in [5.74, 6) is 6.50. The first-order valence-corrected chi connectivity index (χ1v) is 5.35. The Labute approximate surface area is 85.8 Å². The van der Waals surface area contributed by atoms with Crippen LogP contribution in [0.25, 0.3) is 0 Å². The zero-order valence-corrected chi connectivity index (χ0v) is 9.12. The van der Waals surface area contributed by atoms with Crippen molar-refractivity contribution in [1.29, 1.82) is 0 Å². The Hall–Kier alpha value is -0.610. The molecule has 1 aliphatic rings. The predicted molar refractivity (Wildman–Crippen MR) is 56.3 cm³/mol. The molecule has 0 aromatic carbocycles. The van der Waals surface area contributed by atoms with E-state index in [4.69, 9.17) is 5.84 Å². The summed E-state index contributed by atoms with van der Waals surface area (Å²) in [6.45, 7) is 7.64. The number of amides is 1. The van der Waals surface area contributed by atoms with Crippen LogP contribution < -0.4 is 11.3 Å². The number of nitrogens with two attached hydrogens (primary N) is 1. The quantitative estimate of drug-likeness (QED) is 0.391. The minimum absolute atomic E-state index is 0.0729. The van der Waals surface area contributed by atoms with Gasteiger partial charge in [-0.05, 0) is 24.8 Å². The van der Waals surface area contributed by atoms with Crippen LogP contribution in [0.2, 0.25) is 0 Å². The summed E-state index contributed by atoms with van der Waals surface area (Å²) in [6, 6.07) is 0. The molecule has 0 spiro atoms. The molecule has 1 heterocycles. The fraction of sp³-hybridized carbons (Fsp3) is 0.900. The van der Waals surface area contributed by atoms with Crippen molar-refractivity contribution in [3.05, 3.63) is 0 Å². The monoisotopic (exact) mass is 199 g/mol. The largest absolute Gasteiger partial charge is 0.303 e. The van der Waals surface area contributed by atoms with E-state index >= 15 is 0 Å². The molecule has 4 heteroatoms. The Morgan fingerprint density at radius 3 is 2.79 bits per heavy atom. The molecule has 0 aliphatic carbocycles. The van der Waals surface area contributed by atoms with Crippen LogP contribution in [0.15, 0.2) is 0 Å². The van der Waals surface area contributed by atoms with Gasteiger partial charge in [-0.3, -0.25) is 10.2 Å². The molecule has 82 valence electrons. The molecule has 0 aromatic rings. The van der Waals surface area contributed by atoms with Gasteiger partial charge < -0.3 is 4.90 Å². The van der Waals surface area contributed by atoms with Crippen molar-refractivity contribution in [1.82, 2.24) is 10.3 Å². The van der Waals surface area contributed by atoms with Crippen LogP contribution in [0, 0.1) is 11.8 Å². The van der Waals surface area contributed by atoms with Crippen LogP contribution in [-0.4, -0.2) is 30.4 Å². The van der Waals surface area contributed by atoms with Crippen molar-refractivity contribution in [3.63, 3.8) is 0 Å². The van der Waals surface area contributed by atoms with Gasteiger partial charge in [0.2, 0.25) is 5.91 Å². The molecule has 1 amide bonds. The van der Waals surface area contributed by atoms with Gasteiger partial charge in [0.05, 0.1) is 0 Å². The van der Waals surface area contributed by atoms with Crippen LogP contribution in [0.5, 0.6) is 0 Å². The van der Waals surface area contributed by atoms with Crippen molar-refractivity contribution < 1.29 is 4.79 Å². The lowest BCUT2D eigenvalue weighted by molar-refractivity contribution is -0.121. The number of hydrazine groups is 1. The lowest BCUT2D eigenvalue weighted by Gasteiger charge is -2.35. The summed E-state index contributed by atoms with van der Waals surface area (Å²) >= 11 is 0. The van der Waals surface area contributed by atoms with Crippen molar-refractivity contribution in [2.75, 3.05) is 19.6 Å². The minimum atomic E-state index is -0.0729. The van der Waals surface area contributed by atoms with Crippen LogP contribution in [0.4, 0.5) is 0 Å². The van der Waals surface area contributed by atoms with Gasteiger partial charge in [-0.2, -0.15) is 0 Å². The van der Waals surface area contributed by atoms with Gasteiger partial charge in [0.1, 0.15) is 0 Å². The highest BCUT2D eigenvalue weighted by Crippen LogP contribution is 2.22. The maximum Gasteiger partial charge on any atom is 0.235 e. The fourth-order valence-corrected chi connectivity index (χ4v) is 1.88.